The summed E-state index contributed by atoms with van der Waals surface area (Å²) in [4.78, 5) is 16.1. The molecule has 0 spiro atoms. The highest BCUT2D eigenvalue weighted by Gasteiger charge is 2.07. The summed E-state index contributed by atoms with van der Waals surface area (Å²) < 4.78 is 0.643. The van der Waals surface area contributed by atoms with Gasteiger partial charge in [0.1, 0.15) is 4.60 Å². The van der Waals surface area contributed by atoms with E-state index in [1.54, 1.807) is 18.3 Å². The van der Waals surface area contributed by atoms with Crippen LogP contribution in [-0.4, -0.2) is 10.9 Å². The van der Waals surface area contributed by atoms with E-state index in [1.165, 1.54) is 0 Å². The molecule has 1 aromatic heterocycles. The predicted molar refractivity (Wildman–Crippen MR) is 85.8 cm³/mol. The lowest BCUT2D eigenvalue weighted by Crippen LogP contribution is -2.12. The van der Waals surface area contributed by atoms with Crippen LogP contribution >= 0.6 is 15.9 Å². The van der Waals surface area contributed by atoms with Crippen molar-refractivity contribution in [3.8, 4) is 0 Å². The number of halogens is 1. The number of rotatable bonds is 3. The Morgan fingerprint density at radius 2 is 2.10 bits per heavy atom. The average molecular weight is 331 g/mol. The molecule has 0 atom stereocenters. The van der Waals surface area contributed by atoms with E-state index in [9.17, 15) is 4.79 Å². The zero-order valence-electron chi connectivity index (χ0n) is 11.4. The predicted octanol–water partition coefficient (Wildman–Crippen LogP) is 4.44. The number of amides is 1. The lowest BCUT2D eigenvalue weighted by Gasteiger charge is -2.08. The van der Waals surface area contributed by atoms with Crippen molar-refractivity contribution in [3.05, 3.63) is 63.9 Å². The fourth-order valence-corrected chi connectivity index (χ4v) is 2.23. The fourth-order valence-electron chi connectivity index (χ4n) is 1.87. The van der Waals surface area contributed by atoms with Crippen molar-refractivity contribution in [1.29, 1.82) is 0 Å². The molecule has 0 bridgehead atoms. The zero-order chi connectivity index (χ0) is 14.5. The number of pyridine rings is 1. The van der Waals surface area contributed by atoms with Crippen molar-refractivity contribution < 1.29 is 4.79 Å². The molecule has 20 heavy (non-hydrogen) atoms. The van der Waals surface area contributed by atoms with Crippen LogP contribution in [0.25, 0.3) is 6.08 Å². The minimum atomic E-state index is -0.147. The fraction of sp³-hybridized carbons (Fsp3) is 0.125. The van der Waals surface area contributed by atoms with Gasteiger partial charge in [-0.05, 0) is 65.2 Å². The van der Waals surface area contributed by atoms with Crippen LogP contribution in [0.2, 0.25) is 0 Å². The van der Waals surface area contributed by atoms with Gasteiger partial charge in [-0.2, -0.15) is 0 Å². The Labute approximate surface area is 126 Å². The first-order valence-electron chi connectivity index (χ1n) is 6.26. The topological polar surface area (TPSA) is 42.0 Å². The standard InChI is InChI=1S/C16H15BrN2O/c1-3-4-12-5-6-14(9-11(12)2)19-16(20)13-7-8-18-15(17)10-13/h3-10H,1-2H3,(H,19,20)/b4-3-. The van der Waals surface area contributed by atoms with Gasteiger partial charge < -0.3 is 5.32 Å². The Balaban J connectivity index is 2.18. The molecule has 102 valence electrons. The summed E-state index contributed by atoms with van der Waals surface area (Å²) in [5.41, 5.74) is 3.63. The van der Waals surface area contributed by atoms with E-state index in [0.717, 1.165) is 16.8 Å². The van der Waals surface area contributed by atoms with Gasteiger partial charge in [-0.3, -0.25) is 4.79 Å². The molecule has 1 aromatic carbocycles. The molecule has 0 unspecified atom stereocenters. The molecule has 1 N–H and O–H groups in total. The second kappa shape index (κ2) is 6.48. The number of nitrogens with one attached hydrogen (secondary N) is 1. The van der Waals surface area contributed by atoms with E-state index in [-0.39, 0.29) is 5.91 Å². The quantitative estimate of drug-likeness (QED) is 0.845. The third kappa shape index (κ3) is 3.54. The smallest absolute Gasteiger partial charge is 0.255 e. The second-order valence-electron chi connectivity index (χ2n) is 4.39. The molecule has 1 amide bonds. The number of aryl methyl sites for hydroxylation is 1. The Bertz CT molecular complexity index is 665. The SMILES string of the molecule is C/C=C\c1ccc(NC(=O)c2ccnc(Br)c2)cc1C. The molecule has 0 radical (unpaired) electrons. The molecular weight excluding hydrogens is 316 g/mol. The third-order valence-corrected chi connectivity index (χ3v) is 3.30. The summed E-state index contributed by atoms with van der Waals surface area (Å²) in [6, 6.07) is 9.23. The molecule has 2 aromatic rings. The highest BCUT2D eigenvalue weighted by molar-refractivity contribution is 9.10. The van der Waals surface area contributed by atoms with Crippen LogP contribution in [-0.2, 0) is 0 Å². The lowest BCUT2D eigenvalue weighted by atomic mass is 10.1. The number of carbonyl (C=O) groups is 1. The number of anilines is 1. The van der Waals surface area contributed by atoms with E-state index in [2.05, 4.69) is 26.2 Å². The van der Waals surface area contributed by atoms with E-state index < -0.39 is 0 Å². The maximum absolute atomic E-state index is 12.1. The van der Waals surface area contributed by atoms with Crippen molar-refractivity contribution in [1.82, 2.24) is 4.98 Å². The van der Waals surface area contributed by atoms with Crippen molar-refractivity contribution in [2.24, 2.45) is 0 Å². The average Bonchev–Trinajstić information content (AvgIpc) is 2.42. The summed E-state index contributed by atoms with van der Waals surface area (Å²) in [6.45, 7) is 4.00. The summed E-state index contributed by atoms with van der Waals surface area (Å²) in [5.74, 6) is -0.147. The maximum Gasteiger partial charge on any atom is 0.255 e. The van der Waals surface area contributed by atoms with E-state index >= 15 is 0 Å². The molecule has 0 aliphatic rings. The van der Waals surface area contributed by atoms with Crippen LogP contribution in [0.4, 0.5) is 5.69 Å². The maximum atomic E-state index is 12.1. The van der Waals surface area contributed by atoms with E-state index in [4.69, 9.17) is 0 Å². The van der Waals surface area contributed by atoms with Crippen molar-refractivity contribution in [2.75, 3.05) is 5.32 Å². The Hall–Kier alpha value is -1.94. The Kier molecular flexibility index (Phi) is 4.69. The summed E-state index contributed by atoms with van der Waals surface area (Å²) in [6.07, 6.45) is 5.63. The van der Waals surface area contributed by atoms with E-state index in [1.807, 2.05) is 44.2 Å². The van der Waals surface area contributed by atoms with Crippen molar-refractivity contribution in [3.63, 3.8) is 0 Å². The van der Waals surface area contributed by atoms with Crippen LogP contribution in [0, 0.1) is 6.92 Å². The summed E-state index contributed by atoms with van der Waals surface area (Å²) in [7, 11) is 0. The number of benzene rings is 1. The largest absolute Gasteiger partial charge is 0.322 e. The Morgan fingerprint density at radius 1 is 1.30 bits per heavy atom. The van der Waals surface area contributed by atoms with Crippen molar-refractivity contribution in [2.45, 2.75) is 13.8 Å². The molecule has 0 aliphatic carbocycles. The van der Waals surface area contributed by atoms with Crippen molar-refractivity contribution >= 4 is 33.6 Å². The zero-order valence-corrected chi connectivity index (χ0v) is 12.9. The van der Waals surface area contributed by atoms with Gasteiger partial charge in [0.05, 0.1) is 0 Å². The Morgan fingerprint density at radius 3 is 2.75 bits per heavy atom. The molecule has 3 nitrogen and oxygen atoms in total. The molecular formula is C16H15BrN2O. The number of hydrogen-bond acceptors (Lipinski definition) is 2. The number of allylic oxidation sites excluding steroid dienone is 1. The molecule has 4 heteroatoms. The van der Waals surface area contributed by atoms with Gasteiger partial charge in [0.2, 0.25) is 0 Å². The van der Waals surface area contributed by atoms with Crippen LogP contribution in [0.1, 0.15) is 28.4 Å². The highest BCUT2D eigenvalue weighted by Crippen LogP contribution is 2.18. The summed E-state index contributed by atoms with van der Waals surface area (Å²) in [5, 5.41) is 2.88. The summed E-state index contributed by atoms with van der Waals surface area (Å²) >= 11 is 3.26. The molecule has 0 saturated carbocycles. The van der Waals surface area contributed by atoms with Crippen LogP contribution in [0.3, 0.4) is 0 Å². The van der Waals surface area contributed by atoms with E-state index in [0.29, 0.717) is 10.2 Å². The number of carbonyl (C=O) groups excluding carboxylic acids is 1. The number of hydrogen-bond donors (Lipinski definition) is 1. The molecule has 2 rings (SSSR count). The van der Waals surface area contributed by atoms with Crippen LogP contribution < -0.4 is 5.32 Å². The minimum absolute atomic E-state index is 0.147. The van der Waals surface area contributed by atoms with Gasteiger partial charge in [-0.25, -0.2) is 4.98 Å². The molecule has 0 aliphatic heterocycles. The molecule has 1 heterocycles. The highest BCUT2D eigenvalue weighted by atomic mass is 79.9. The second-order valence-corrected chi connectivity index (χ2v) is 5.21. The third-order valence-electron chi connectivity index (χ3n) is 2.86. The van der Waals surface area contributed by atoms with Gasteiger partial charge in [0.25, 0.3) is 5.91 Å². The van der Waals surface area contributed by atoms with Gasteiger partial charge in [0.15, 0.2) is 0 Å². The van der Waals surface area contributed by atoms with Crippen LogP contribution in [0.15, 0.2) is 47.2 Å². The first-order valence-corrected chi connectivity index (χ1v) is 7.05. The first-order chi connectivity index (χ1) is 9.60. The molecule has 0 saturated heterocycles. The van der Waals surface area contributed by atoms with Gasteiger partial charge in [-0.15, -0.1) is 0 Å². The molecule has 0 fully saturated rings. The number of aromatic nitrogens is 1. The van der Waals surface area contributed by atoms with Crippen LogP contribution in [0.5, 0.6) is 0 Å². The van der Waals surface area contributed by atoms with Gasteiger partial charge in [0, 0.05) is 17.4 Å². The van der Waals surface area contributed by atoms with Gasteiger partial charge in [-0.1, -0.05) is 18.2 Å². The minimum Gasteiger partial charge on any atom is -0.322 e. The lowest BCUT2D eigenvalue weighted by molar-refractivity contribution is 0.102. The monoisotopic (exact) mass is 330 g/mol. The normalized spacial score (nSPS) is 10.8. The first kappa shape index (κ1) is 14.5. The number of nitrogens with zero attached hydrogens (tertiary/aromatic N) is 1. The van der Waals surface area contributed by atoms with Gasteiger partial charge >= 0.3 is 0 Å².